The maximum Gasteiger partial charge on any atom is 0.257 e. The molecule has 1 aliphatic rings. The molecule has 2 aromatic rings. The molecule has 27 heavy (non-hydrogen) atoms. The van der Waals surface area contributed by atoms with Crippen molar-refractivity contribution >= 4 is 29.9 Å². The van der Waals surface area contributed by atoms with Crippen LogP contribution >= 0.6 is 24.0 Å². The van der Waals surface area contributed by atoms with Gasteiger partial charge in [0.1, 0.15) is 12.4 Å². The summed E-state index contributed by atoms with van der Waals surface area (Å²) in [5, 5.41) is 0.656. The van der Waals surface area contributed by atoms with Gasteiger partial charge >= 0.3 is 0 Å². The van der Waals surface area contributed by atoms with E-state index in [-0.39, 0.29) is 29.8 Å². The van der Waals surface area contributed by atoms with Crippen molar-refractivity contribution in [3.8, 4) is 5.75 Å². The number of carbonyl (C=O) groups is 1. The van der Waals surface area contributed by atoms with Crippen molar-refractivity contribution in [1.29, 1.82) is 0 Å². The van der Waals surface area contributed by atoms with Gasteiger partial charge in [-0.3, -0.25) is 4.79 Å². The lowest BCUT2D eigenvalue weighted by Crippen LogP contribution is -2.54. The summed E-state index contributed by atoms with van der Waals surface area (Å²) >= 11 is 6.19. The molecule has 2 aromatic carbocycles. The summed E-state index contributed by atoms with van der Waals surface area (Å²) in [6, 6.07) is 15.0. The minimum atomic E-state index is -0.0960. The Kier molecular flexibility index (Phi) is 7.15. The first-order valence-electron chi connectivity index (χ1n) is 8.88. The summed E-state index contributed by atoms with van der Waals surface area (Å²) in [5.41, 5.74) is 7.56. The summed E-state index contributed by atoms with van der Waals surface area (Å²) in [7, 11) is 0. The van der Waals surface area contributed by atoms with E-state index in [1.165, 1.54) is 0 Å². The highest BCUT2D eigenvalue weighted by Crippen LogP contribution is 2.30. The number of amides is 1. The second-order valence-electron chi connectivity index (χ2n) is 7.49. The van der Waals surface area contributed by atoms with E-state index in [9.17, 15) is 4.79 Å². The van der Waals surface area contributed by atoms with Gasteiger partial charge in [0.25, 0.3) is 5.91 Å². The Morgan fingerprint density at radius 3 is 2.59 bits per heavy atom. The van der Waals surface area contributed by atoms with Gasteiger partial charge in [0, 0.05) is 29.7 Å². The van der Waals surface area contributed by atoms with Gasteiger partial charge in [-0.25, -0.2) is 0 Å². The maximum atomic E-state index is 13.1. The number of carbonyl (C=O) groups excluding carboxylic acids is 1. The average molecular weight is 409 g/mol. The van der Waals surface area contributed by atoms with Crippen LogP contribution in [0.25, 0.3) is 0 Å². The fraction of sp³-hybridized carbons (Fsp3) is 0.381. The number of piperidine rings is 1. The van der Waals surface area contributed by atoms with Crippen LogP contribution in [-0.4, -0.2) is 29.9 Å². The molecule has 1 saturated heterocycles. The van der Waals surface area contributed by atoms with Crippen LogP contribution in [0, 0.1) is 5.41 Å². The third kappa shape index (κ3) is 4.95. The first-order chi connectivity index (χ1) is 12.4. The molecule has 0 saturated carbocycles. The Hall–Kier alpha value is -1.75. The molecule has 0 aromatic heterocycles. The molecule has 146 valence electrons. The Morgan fingerprint density at radius 1 is 1.22 bits per heavy atom. The third-order valence-corrected chi connectivity index (χ3v) is 5.43. The predicted molar refractivity (Wildman–Crippen MR) is 112 cm³/mol. The van der Waals surface area contributed by atoms with Crippen molar-refractivity contribution in [2.24, 2.45) is 11.1 Å². The van der Waals surface area contributed by atoms with Crippen LogP contribution in [0.4, 0.5) is 0 Å². The number of ether oxygens (including phenoxy) is 1. The molecule has 1 unspecified atom stereocenters. The van der Waals surface area contributed by atoms with E-state index in [4.69, 9.17) is 22.1 Å². The molecule has 0 bridgehead atoms. The Bertz CT molecular complexity index is 795. The summed E-state index contributed by atoms with van der Waals surface area (Å²) in [6.07, 6.45) is 0.807. The van der Waals surface area contributed by atoms with Crippen molar-refractivity contribution in [1.82, 2.24) is 4.90 Å². The van der Waals surface area contributed by atoms with Gasteiger partial charge in [-0.05, 0) is 30.0 Å². The van der Waals surface area contributed by atoms with E-state index in [0.717, 1.165) is 12.0 Å². The quantitative estimate of drug-likeness (QED) is 0.807. The number of para-hydroxylation sites is 1. The number of hydrogen-bond acceptors (Lipinski definition) is 3. The summed E-state index contributed by atoms with van der Waals surface area (Å²) in [4.78, 5) is 14.9. The number of hydrogen-bond donors (Lipinski definition) is 1. The van der Waals surface area contributed by atoms with Crippen LogP contribution in [0.1, 0.15) is 36.2 Å². The van der Waals surface area contributed by atoms with Crippen LogP contribution in [0.3, 0.4) is 0 Å². The van der Waals surface area contributed by atoms with Gasteiger partial charge < -0.3 is 15.4 Å². The summed E-state index contributed by atoms with van der Waals surface area (Å²) in [5.74, 6) is 0.560. The summed E-state index contributed by atoms with van der Waals surface area (Å²) in [6.45, 7) is 5.85. The third-order valence-electron chi connectivity index (χ3n) is 5.06. The van der Waals surface area contributed by atoms with Gasteiger partial charge in [0.05, 0.1) is 5.56 Å². The van der Waals surface area contributed by atoms with Crippen molar-refractivity contribution in [2.45, 2.75) is 32.9 Å². The van der Waals surface area contributed by atoms with Crippen LogP contribution in [0.15, 0.2) is 48.5 Å². The number of halogens is 2. The Balaban J connectivity index is 0.00000261. The van der Waals surface area contributed by atoms with Crippen molar-refractivity contribution in [3.05, 3.63) is 64.7 Å². The van der Waals surface area contributed by atoms with E-state index in [0.29, 0.717) is 36.0 Å². The van der Waals surface area contributed by atoms with Gasteiger partial charge in [-0.1, -0.05) is 55.8 Å². The van der Waals surface area contributed by atoms with Crippen molar-refractivity contribution in [3.63, 3.8) is 0 Å². The van der Waals surface area contributed by atoms with Crippen molar-refractivity contribution in [2.75, 3.05) is 13.1 Å². The molecule has 3 rings (SSSR count). The highest BCUT2D eigenvalue weighted by atomic mass is 35.5. The highest BCUT2D eigenvalue weighted by molar-refractivity contribution is 6.31. The molecule has 1 amide bonds. The molecule has 2 N–H and O–H groups in total. The fourth-order valence-electron chi connectivity index (χ4n) is 3.26. The predicted octanol–water partition coefficient (Wildman–Crippen LogP) is 4.54. The van der Waals surface area contributed by atoms with E-state index in [2.05, 4.69) is 13.8 Å². The molecule has 1 aliphatic heterocycles. The number of likely N-dealkylation sites (tertiary alicyclic amines) is 1. The molecule has 1 fully saturated rings. The average Bonchev–Trinajstić information content (AvgIpc) is 2.63. The zero-order chi connectivity index (χ0) is 18.7. The van der Waals surface area contributed by atoms with Crippen LogP contribution in [0.2, 0.25) is 5.02 Å². The second kappa shape index (κ2) is 8.96. The molecule has 4 nitrogen and oxygen atoms in total. The van der Waals surface area contributed by atoms with E-state index < -0.39 is 0 Å². The standard InChI is InChI=1S/C21H25ClN2O2.ClH/c1-21(2)14-24(12-11-19(21)23)20(25)16-8-4-6-10-18(16)26-13-15-7-3-5-9-17(15)22;/h3-10,19H,11-14,23H2,1-2H3;1H. The molecular formula is C21H26Cl2N2O2. The highest BCUT2D eigenvalue weighted by Gasteiger charge is 2.36. The molecule has 0 radical (unpaired) electrons. The number of nitrogens with two attached hydrogens (primary N) is 1. The largest absolute Gasteiger partial charge is 0.488 e. The zero-order valence-corrected chi connectivity index (χ0v) is 17.2. The molecule has 1 heterocycles. The lowest BCUT2D eigenvalue weighted by Gasteiger charge is -2.42. The zero-order valence-electron chi connectivity index (χ0n) is 15.7. The van der Waals surface area contributed by atoms with E-state index in [1.807, 2.05) is 53.4 Å². The maximum absolute atomic E-state index is 13.1. The molecule has 0 aliphatic carbocycles. The minimum Gasteiger partial charge on any atom is -0.488 e. The first-order valence-corrected chi connectivity index (χ1v) is 9.26. The van der Waals surface area contributed by atoms with E-state index in [1.54, 1.807) is 0 Å². The lowest BCUT2D eigenvalue weighted by molar-refractivity contribution is 0.0528. The van der Waals surface area contributed by atoms with E-state index >= 15 is 0 Å². The van der Waals surface area contributed by atoms with Gasteiger partial charge in [0.2, 0.25) is 0 Å². The topological polar surface area (TPSA) is 55.6 Å². The SMILES string of the molecule is CC1(C)CN(C(=O)c2ccccc2OCc2ccccc2Cl)CCC1N.Cl. The van der Waals surface area contributed by atoms with Crippen molar-refractivity contribution < 1.29 is 9.53 Å². The van der Waals surface area contributed by atoms with Gasteiger partial charge in [0.15, 0.2) is 0 Å². The number of benzene rings is 2. The van der Waals surface area contributed by atoms with Crippen LogP contribution in [-0.2, 0) is 6.61 Å². The molecular weight excluding hydrogens is 383 g/mol. The molecule has 6 heteroatoms. The Labute approximate surface area is 172 Å². The van der Waals surface area contributed by atoms with Crippen LogP contribution < -0.4 is 10.5 Å². The minimum absolute atomic E-state index is 0. The Morgan fingerprint density at radius 2 is 1.89 bits per heavy atom. The van der Waals surface area contributed by atoms with Crippen LogP contribution in [0.5, 0.6) is 5.75 Å². The molecule has 0 spiro atoms. The fourth-order valence-corrected chi connectivity index (χ4v) is 3.45. The second-order valence-corrected chi connectivity index (χ2v) is 7.89. The van der Waals surface area contributed by atoms with Gasteiger partial charge in [-0.2, -0.15) is 0 Å². The lowest BCUT2D eigenvalue weighted by atomic mass is 9.79. The first kappa shape index (κ1) is 21.5. The number of nitrogens with zero attached hydrogens (tertiary/aromatic N) is 1. The monoisotopic (exact) mass is 408 g/mol. The van der Waals surface area contributed by atoms with Gasteiger partial charge in [-0.15, -0.1) is 12.4 Å². The summed E-state index contributed by atoms with van der Waals surface area (Å²) < 4.78 is 5.93. The number of rotatable bonds is 4. The smallest absolute Gasteiger partial charge is 0.257 e. The normalized spacial score (nSPS) is 18.5. The molecule has 1 atom stereocenters.